The van der Waals surface area contributed by atoms with E-state index in [0.29, 0.717) is 12.5 Å². The molecular weight excluding hydrogens is 224 g/mol. The van der Waals surface area contributed by atoms with Gasteiger partial charge in [0.1, 0.15) is 0 Å². The van der Waals surface area contributed by atoms with Gasteiger partial charge >= 0.3 is 12.0 Å². The van der Waals surface area contributed by atoms with Crippen LogP contribution in [0.25, 0.3) is 0 Å². The molecule has 3 N–H and O–H groups in total. The molecule has 1 aliphatic carbocycles. The molecule has 6 nitrogen and oxygen atoms in total. The number of aliphatic hydroxyl groups is 1. The minimum Gasteiger partial charge on any atom is -0.480 e. The fourth-order valence-corrected chi connectivity index (χ4v) is 1.37. The average molecular weight is 240 g/mol. The van der Waals surface area contributed by atoms with E-state index in [2.05, 4.69) is 11.2 Å². The lowest BCUT2D eigenvalue weighted by atomic mass is 10.3. The summed E-state index contributed by atoms with van der Waals surface area (Å²) in [7, 11) is 0. The number of carboxylic acids is 1. The zero-order chi connectivity index (χ0) is 12.8. The molecule has 1 aliphatic rings. The van der Waals surface area contributed by atoms with Crippen molar-refractivity contribution in [2.45, 2.75) is 18.9 Å². The molecule has 94 valence electrons. The van der Waals surface area contributed by atoms with Crippen LogP contribution in [0.15, 0.2) is 0 Å². The van der Waals surface area contributed by atoms with E-state index in [4.69, 9.17) is 16.6 Å². The van der Waals surface area contributed by atoms with E-state index in [1.54, 1.807) is 0 Å². The minimum absolute atomic E-state index is 0.139. The van der Waals surface area contributed by atoms with Crippen molar-refractivity contribution >= 4 is 12.0 Å². The van der Waals surface area contributed by atoms with Crippen molar-refractivity contribution in [3.63, 3.8) is 0 Å². The first-order valence-corrected chi connectivity index (χ1v) is 5.41. The summed E-state index contributed by atoms with van der Waals surface area (Å²) in [6.07, 6.45) is 7.28. The molecule has 0 saturated heterocycles. The normalized spacial score (nSPS) is 15.8. The standard InChI is InChI=1S/C11H16N2O4/c1-2-5-13(6-8-3-4-8)11(17)12-9(7-14)10(15)16/h1,8-9,14H,3-7H2,(H,12,17)(H,15,16)/t9-/m0/s1. The Kier molecular flexibility index (Phi) is 4.79. The summed E-state index contributed by atoms with van der Waals surface area (Å²) >= 11 is 0. The molecule has 1 fully saturated rings. The fraction of sp³-hybridized carbons (Fsp3) is 0.636. The number of carbonyl (C=O) groups is 2. The Morgan fingerprint density at radius 3 is 2.59 bits per heavy atom. The average Bonchev–Trinajstić information content (AvgIpc) is 3.08. The number of carboxylic acid groups (broad SMARTS) is 1. The molecule has 1 atom stereocenters. The molecule has 0 heterocycles. The van der Waals surface area contributed by atoms with Gasteiger partial charge in [-0.2, -0.15) is 0 Å². The maximum atomic E-state index is 11.7. The monoisotopic (exact) mass is 240 g/mol. The van der Waals surface area contributed by atoms with Crippen LogP contribution >= 0.6 is 0 Å². The summed E-state index contributed by atoms with van der Waals surface area (Å²) in [4.78, 5) is 23.8. The van der Waals surface area contributed by atoms with Crippen LogP contribution in [0.1, 0.15) is 12.8 Å². The fourth-order valence-electron chi connectivity index (χ4n) is 1.37. The molecule has 2 amide bonds. The van der Waals surface area contributed by atoms with Gasteiger partial charge in [0, 0.05) is 6.54 Å². The smallest absolute Gasteiger partial charge is 0.328 e. The first-order chi connectivity index (χ1) is 8.08. The summed E-state index contributed by atoms with van der Waals surface area (Å²) in [5.41, 5.74) is 0. The van der Waals surface area contributed by atoms with E-state index in [-0.39, 0.29) is 6.54 Å². The Labute approximate surface area is 99.6 Å². The second-order valence-electron chi connectivity index (χ2n) is 4.05. The number of terminal acetylenes is 1. The van der Waals surface area contributed by atoms with Gasteiger partial charge in [-0.1, -0.05) is 5.92 Å². The number of amides is 2. The Morgan fingerprint density at radius 1 is 1.53 bits per heavy atom. The molecule has 0 bridgehead atoms. The van der Waals surface area contributed by atoms with Gasteiger partial charge in [0.25, 0.3) is 0 Å². The highest BCUT2D eigenvalue weighted by Crippen LogP contribution is 2.29. The van der Waals surface area contributed by atoms with Crippen molar-refractivity contribution in [1.29, 1.82) is 0 Å². The van der Waals surface area contributed by atoms with Crippen molar-refractivity contribution in [3.8, 4) is 12.3 Å². The van der Waals surface area contributed by atoms with Crippen LogP contribution in [0, 0.1) is 18.3 Å². The van der Waals surface area contributed by atoms with Crippen LogP contribution in [-0.2, 0) is 4.79 Å². The molecule has 0 spiro atoms. The lowest BCUT2D eigenvalue weighted by Gasteiger charge is -2.22. The van der Waals surface area contributed by atoms with E-state index in [0.717, 1.165) is 12.8 Å². The van der Waals surface area contributed by atoms with Crippen LogP contribution < -0.4 is 5.32 Å². The molecule has 0 aromatic carbocycles. The van der Waals surface area contributed by atoms with Gasteiger partial charge in [0.2, 0.25) is 0 Å². The predicted octanol–water partition coefficient (Wildman–Crippen LogP) is -0.513. The van der Waals surface area contributed by atoms with Gasteiger partial charge in [-0.25, -0.2) is 9.59 Å². The summed E-state index contributed by atoms with van der Waals surface area (Å²) in [5, 5.41) is 19.7. The molecule has 17 heavy (non-hydrogen) atoms. The lowest BCUT2D eigenvalue weighted by molar-refractivity contribution is -0.140. The number of aliphatic carboxylic acids is 1. The Morgan fingerprint density at radius 2 is 2.18 bits per heavy atom. The van der Waals surface area contributed by atoms with Crippen molar-refractivity contribution < 1.29 is 19.8 Å². The second-order valence-corrected chi connectivity index (χ2v) is 4.05. The molecule has 0 radical (unpaired) electrons. The largest absolute Gasteiger partial charge is 0.480 e. The lowest BCUT2D eigenvalue weighted by Crippen LogP contribution is -2.50. The van der Waals surface area contributed by atoms with E-state index < -0.39 is 24.6 Å². The number of carbonyl (C=O) groups excluding carboxylic acids is 1. The Hall–Kier alpha value is -1.74. The quantitative estimate of drug-likeness (QED) is 0.545. The van der Waals surface area contributed by atoms with Crippen LogP contribution in [0.2, 0.25) is 0 Å². The maximum absolute atomic E-state index is 11.7. The third kappa shape index (κ3) is 4.33. The summed E-state index contributed by atoms with van der Waals surface area (Å²) in [6.45, 7) is 0.0301. The minimum atomic E-state index is -1.29. The zero-order valence-electron chi connectivity index (χ0n) is 9.43. The Bertz CT molecular complexity index is 333. The highest BCUT2D eigenvalue weighted by Gasteiger charge is 2.28. The van der Waals surface area contributed by atoms with Crippen molar-refractivity contribution in [2.75, 3.05) is 19.7 Å². The predicted molar refractivity (Wildman–Crippen MR) is 60.2 cm³/mol. The SMILES string of the molecule is C#CCN(CC1CC1)C(=O)N[C@@H](CO)C(=O)O. The van der Waals surface area contributed by atoms with E-state index in [1.165, 1.54) is 4.90 Å². The Balaban J connectivity index is 2.51. The van der Waals surface area contributed by atoms with Gasteiger partial charge in [-0.05, 0) is 18.8 Å². The second kappa shape index (κ2) is 6.11. The number of hydrogen-bond acceptors (Lipinski definition) is 3. The number of nitrogens with zero attached hydrogens (tertiary/aromatic N) is 1. The molecule has 0 aliphatic heterocycles. The van der Waals surface area contributed by atoms with Crippen LogP contribution in [-0.4, -0.2) is 52.9 Å². The third-order valence-corrected chi connectivity index (χ3v) is 2.52. The van der Waals surface area contributed by atoms with Gasteiger partial charge in [0.15, 0.2) is 6.04 Å². The third-order valence-electron chi connectivity index (χ3n) is 2.52. The van der Waals surface area contributed by atoms with Gasteiger partial charge in [-0.15, -0.1) is 6.42 Å². The molecule has 6 heteroatoms. The number of hydrogen-bond donors (Lipinski definition) is 3. The number of rotatable bonds is 6. The number of nitrogens with one attached hydrogen (secondary N) is 1. The molecule has 1 saturated carbocycles. The first kappa shape index (κ1) is 13.3. The summed E-state index contributed by atoms with van der Waals surface area (Å²) in [6, 6.07) is -1.83. The maximum Gasteiger partial charge on any atom is 0.328 e. The van der Waals surface area contributed by atoms with Crippen LogP contribution in [0.5, 0.6) is 0 Å². The molecule has 1 rings (SSSR count). The summed E-state index contributed by atoms with van der Waals surface area (Å²) in [5.74, 6) is 1.55. The number of urea groups is 1. The van der Waals surface area contributed by atoms with Gasteiger partial charge in [0.05, 0.1) is 13.2 Å². The molecule has 0 aromatic heterocycles. The van der Waals surface area contributed by atoms with E-state index in [9.17, 15) is 9.59 Å². The molecule has 0 aromatic rings. The molecule has 0 unspecified atom stereocenters. The van der Waals surface area contributed by atoms with Gasteiger partial charge < -0.3 is 20.4 Å². The van der Waals surface area contributed by atoms with Crippen molar-refractivity contribution in [3.05, 3.63) is 0 Å². The topological polar surface area (TPSA) is 89.9 Å². The van der Waals surface area contributed by atoms with Crippen LogP contribution in [0.4, 0.5) is 4.79 Å². The number of aliphatic hydroxyl groups excluding tert-OH is 1. The highest BCUT2D eigenvalue weighted by molar-refractivity contribution is 5.82. The first-order valence-electron chi connectivity index (χ1n) is 5.41. The van der Waals surface area contributed by atoms with Crippen molar-refractivity contribution in [2.24, 2.45) is 5.92 Å². The van der Waals surface area contributed by atoms with Crippen LogP contribution in [0.3, 0.4) is 0 Å². The molecular formula is C11H16N2O4. The van der Waals surface area contributed by atoms with E-state index >= 15 is 0 Å². The van der Waals surface area contributed by atoms with E-state index in [1.807, 2.05) is 0 Å². The highest BCUT2D eigenvalue weighted by atomic mass is 16.4. The van der Waals surface area contributed by atoms with Gasteiger partial charge in [-0.3, -0.25) is 0 Å². The summed E-state index contributed by atoms with van der Waals surface area (Å²) < 4.78 is 0. The van der Waals surface area contributed by atoms with Crippen molar-refractivity contribution in [1.82, 2.24) is 10.2 Å². The zero-order valence-corrected chi connectivity index (χ0v) is 9.43.